The third kappa shape index (κ3) is 3.77. The number of hydrogen-bond acceptors (Lipinski definition) is 7. The van der Waals surface area contributed by atoms with Crippen LogP contribution in [0.4, 0.5) is 5.69 Å². The molecule has 0 atom stereocenters. The van der Waals surface area contributed by atoms with Crippen LogP contribution in [0.1, 0.15) is 6.92 Å². The molecule has 1 aromatic heterocycles. The van der Waals surface area contributed by atoms with Gasteiger partial charge in [-0.2, -0.15) is 0 Å². The van der Waals surface area contributed by atoms with Gasteiger partial charge in [0.2, 0.25) is 6.41 Å². The number of hydrogen-bond donors (Lipinski definition) is 1. The topological polar surface area (TPSA) is 111 Å². The normalized spacial score (nSPS) is 11.2. The number of aryl methyl sites for hydroxylation is 1. The summed E-state index contributed by atoms with van der Waals surface area (Å²) in [6, 6.07) is 4.96. The Morgan fingerprint density at radius 2 is 2.12 bits per heavy atom. The highest BCUT2D eigenvalue weighted by Gasteiger charge is 2.20. The standard InChI is InChI=1S/C16H17N3O6/c1-4-24-15(22)11(14(21)17-9-20)8-18(2)10-5-6-12-13(7-10)25-16(23)19(12)3/h5-9H,4H2,1-3H3,(H,17,20,21)/b11-8+. The molecule has 1 heterocycles. The van der Waals surface area contributed by atoms with Crippen molar-refractivity contribution in [3.05, 3.63) is 40.5 Å². The Balaban J connectivity index is 2.41. The van der Waals surface area contributed by atoms with Crippen molar-refractivity contribution in [2.24, 2.45) is 7.05 Å². The highest BCUT2D eigenvalue weighted by molar-refractivity contribution is 6.18. The minimum Gasteiger partial charge on any atom is -0.462 e. The number of oxazole rings is 1. The van der Waals surface area contributed by atoms with E-state index in [-0.39, 0.29) is 18.6 Å². The summed E-state index contributed by atoms with van der Waals surface area (Å²) in [6.45, 7) is 1.68. The first kappa shape index (κ1) is 18.0. The molecule has 0 aliphatic heterocycles. The van der Waals surface area contributed by atoms with Crippen molar-refractivity contribution in [3.8, 4) is 0 Å². The molecule has 0 bridgehead atoms. The van der Waals surface area contributed by atoms with Crippen molar-refractivity contribution < 1.29 is 23.5 Å². The van der Waals surface area contributed by atoms with E-state index in [0.717, 1.165) is 0 Å². The summed E-state index contributed by atoms with van der Waals surface area (Å²) in [7, 11) is 3.18. The van der Waals surface area contributed by atoms with Gasteiger partial charge in [0.15, 0.2) is 5.58 Å². The van der Waals surface area contributed by atoms with Crippen LogP contribution in [0.5, 0.6) is 0 Å². The highest BCUT2D eigenvalue weighted by Crippen LogP contribution is 2.21. The van der Waals surface area contributed by atoms with Gasteiger partial charge in [-0.3, -0.25) is 19.5 Å². The molecule has 0 aliphatic carbocycles. The Hall–Kier alpha value is -3.36. The largest absolute Gasteiger partial charge is 0.462 e. The highest BCUT2D eigenvalue weighted by atomic mass is 16.5. The van der Waals surface area contributed by atoms with Crippen LogP contribution in [0.2, 0.25) is 0 Å². The second-order valence-corrected chi connectivity index (χ2v) is 5.04. The fraction of sp³-hybridized carbons (Fsp3) is 0.250. The quantitative estimate of drug-likeness (QED) is 0.263. The molecule has 1 N–H and O–H groups in total. The second kappa shape index (κ2) is 7.47. The van der Waals surface area contributed by atoms with Crippen LogP contribution >= 0.6 is 0 Å². The Kier molecular flexibility index (Phi) is 5.38. The van der Waals surface area contributed by atoms with Crippen molar-refractivity contribution in [2.45, 2.75) is 6.92 Å². The van der Waals surface area contributed by atoms with E-state index >= 15 is 0 Å². The van der Waals surface area contributed by atoms with Crippen molar-refractivity contribution in [1.82, 2.24) is 9.88 Å². The predicted octanol–water partition coefficient (Wildman–Crippen LogP) is 0.287. The Morgan fingerprint density at radius 1 is 1.40 bits per heavy atom. The number of imide groups is 1. The summed E-state index contributed by atoms with van der Waals surface area (Å²) >= 11 is 0. The van der Waals surface area contributed by atoms with Gasteiger partial charge in [-0.1, -0.05) is 0 Å². The minimum absolute atomic E-state index is 0.0788. The number of anilines is 1. The van der Waals surface area contributed by atoms with Crippen LogP contribution in [-0.2, 0) is 26.2 Å². The average molecular weight is 347 g/mol. The van der Waals surface area contributed by atoms with Gasteiger partial charge < -0.3 is 14.1 Å². The van der Waals surface area contributed by atoms with Crippen molar-refractivity contribution in [1.29, 1.82) is 0 Å². The molecule has 25 heavy (non-hydrogen) atoms. The van der Waals surface area contributed by atoms with Gasteiger partial charge in [-0.05, 0) is 19.1 Å². The Morgan fingerprint density at radius 3 is 2.76 bits per heavy atom. The van der Waals surface area contributed by atoms with E-state index < -0.39 is 17.6 Å². The monoisotopic (exact) mass is 347 g/mol. The van der Waals surface area contributed by atoms with E-state index in [9.17, 15) is 19.2 Å². The third-order valence-corrected chi connectivity index (χ3v) is 3.44. The van der Waals surface area contributed by atoms with Gasteiger partial charge >= 0.3 is 11.7 Å². The number of aromatic nitrogens is 1. The zero-order valence-corrected chi connectivity index (χ0v) is 13.9. The Bertz CT molecular complexity index is 908. The number of carbonyl (C=O) groups excluding carboxylic acids is 3. The first-order chi connectivity index (χ1) is 11.9. The number of nitrogens with one attached hydrogen (secondary N) is 1. The maximum absolute atomic E-state index is 11.9. The van der Waals surface area contributed by atoms with E-state index in [2.05, 4.69) is 0 Å². The first-order valence-electron chi connectivity index (χ1n) is 7.35. The summed E-state index contributed by atoms with van der Waals surface area (Å²) in [5, 5.41) is 1.90. The van der Waals surface area contributed by atoms with Crippen LogP contribution in [0.15, 0.2) is 39.2 Å². The molecule has 9 nitrogen and oxygen atoms in total. The number of ether oxygens (including phenoxy) is 1. The number of rotatable bonds is 6. The predicted molar refractivity (Wildman–Crippen MR) is 88.8 cm³/mol. The van der Waals surface area contributed by atoms with E-state index in [4.69, 9.17) is 9.15 Å². The van der Waals surface area contributed by atoms with Gasteiger partial charge in [0.1, 0.15) is 5.57 Å². The number of carbonyl (C=O) groups is 3. The average Bonchev–Trinajstić information content (AvgIpc) is 2.86. The van der Waals surface area contributed by atoms with Crippen molar-refractivity contribution in [3.63, 3.8) is 0 Å². The molecule has 0 saturated heterocycles. The lowest BCUT2D eigenvalue weighted by Crippen LogP contribution is -2.30. The molecule has 2 amide bonds. The molecule has 132 valence electrons. The summed E-state index contributed by atoms with van der Waals surface area (Å²) in [6.07, 6.45) is 1.42. The molecule has 0 spiro atoms. The van der Waals surface area contributed by atoms with Crippen LogP contribution in [0.3, 0.4) is 0 Å². The van der Waals surface area contributed by atoms with E-state index in [1.807, 2.05) is 5.32 Å². The maximum atomic E-state index is 11.9. The van der Waals surface area contributed by atoms with E-state index in [0.29, 0.717) is 16.8 Å². The zero-order chi connectivity index (χ0) is 18.6. The molecule has 0 unspecified atom stereocenters. The molecule has 9 heteroatoms. The molecule has 2 aromatic rings. The maximum Gasteiger partial charge on any atom is 0.419 e. The molecule has 0 saturated carbocycles. The zero-order valence-electron chi connectivity index (χ0n) is 13.9. The third-order valence-electron chi connectivity index (χ3n) is 3.44. The summed E-state index contributed by atoms with van der Waals surface area (Å²) in [5.74, 6) is -2.24. The van der Waals surface area contributed by atoms with Crippen LogP contribution in [0.25, 0.3) is 11.1 Å². The molecular formula is C16H17N3O6. The molecule has 2 rings (SSSR count). The van der Waals surface area contributed by atoms with Crippen LogP contribution in [0, 0.1) is 0 Å². The van der Waals surface area contributed by atoms with Gasteiger partial charge in [-0.25, -0.2) is 9.59 Å². The van der Waals surface area contributed by atoms with Gasteiger partial charge in [-0.15, -0.1) is 0 Å². The van der Waals surface area contributed by atoms with Crippen molar-refractivity contribution in [2.75, 3.05) is 18.6 Å². The SMILES string of the molecule is CCOC(=O)/C(=C/N(C)c1ccc2c(c1)oc(=O)n2C)C(=O)NC=O. The van der Waals surface area contributed by atoms with Gasteiger partial charge in [0.05, 0.1) is 12.1 Å². The van der Waals surface area contributed by atoms with E-state index in [1.165, 1.54) is 15.7 Å². The minimum atomic E-state index is -0.882. The van der Waals surface area contributed by atoms with Crippen LogP contribution < -0.4 is 16.0 Å². The van der Waals surface area contributed by atoms with Gasteiger partial charge in [0, 0.05) is 32.0 Å². The molecule has 0 fully saturated rings. The lowest BCUT2D eigenvalue weighted by molar-refractivity contribution is -0.140. The van der Waals surface area contributed by atoms with Crippen LogP contribution in [-0.4, -0.2) is 36.5 Å². The number of nitrogens with zero attached hydrogens (tertiary/aromatic N) is 2. The fourth-order valence-corrected chi connectivity index (χ4v) is 2.15. The number of fused-ring (bicyclic) bond motifs is 1. The summed E-state index contributed by atoms with van der Waals surface area (Å²) in [4.78, 5) is 47.3. The summed E-state index contributed by atoms with van der Waals surface area (Å²) in [5.41, 5.74) is 1.18. The molecule has 0 aliphatic rings. The molecular weight excluding hydrogens is 330 g/mol. The lowest BCUT2D eigenvalue weighted by Gasteiger charge is -2.16. The smallest absolute Gasteiger partial charge is 0.419 e. The first-order valence-corrected chi connectivity index (χ1v) is 7.35. The fourth-order valence-electron chi connectivity index (χ4n) is 2.15. The number of benzene rings is 1. The number of amides is 2. The van der Waals surface area contributed by atoms with Crippen molar-refractivity contribution >= 4 is 35.1 Å². The second-order valence-electron chi connectivity index (χ2n) is 5.04. The Labute approximate surface area is 142 Å². The summed E-state index contributed by atoms with van der Waals surface area (Å²) < 4.78 is 11.3. The van der Waals surface area contributed by atoms with Gasteiger partial charge in [0.25, 0.3) is 5.91 Å². The lowest BCUT2D eigenvalue weighted by atomic mass is 10.2. The molecule has 1 aromatic carbocycles. The van der Waals surface area contributed by atoms with E-state index in [1.54, 1.807) is 39.2 Å². The molecule has 0 radical (unpaired) electrons. The number of esters is 1.